The Kier molecular flexibility index (Phi) is 5.01. The van der Waals surface area contributed by atoms with Crippen molar-refractivity contribution in [1.82, 2.24) is 5.32 Å². The summed E-state index contributed by atoms with van der Waals surface area (Å²) in [7, 11) is 0. The zero-order chi connectivity index (χ0) is 9.61. The van der Waals surface area contributed by atoms with Crippen molar-refractivity contribution >= 4 is 0 Å². The van der Waals surface area contributed by atoms with E-state index in [4.69, 9.17) is 6.42 Å². The van der Waals surface area contributed by atoms with Gasteiger partial charge in [0.25, 0.3) is 0 Å². The van der Waals surface area contributed by atoms with Gasteiger partial charge in [-0.15, -0.1) is 12.3 Å². The first kappa shape index (κ1) is 11.5. The Morgan fingerprint density at radius 3 is 2.33 bits per heavy atom. The van der Waals surface area contributed by atoms with Gasteiger partial charge < -0.3 is 5.32 Å². The van der Waals surface area contributed by atoms with Gasteiger partial charge in [-0.25, -0.2) is 0 Å². The molecule has 0 spiro atoms. The molecule has 0 saturated carbocycles. The molecule has 0 aromatic rings. The lowest BCUT2D eigenvalue weighted by molar-refractivity contribution is 0.272. The fraction of sp³-hybridized carbons (Fsp3) is 0.818. The van der Waals surface area contributed by atoms with E-state index in [0.717, 1.165) is 19.4 Å². The molecule has 0 rings (SSSR count). The second-order valence-electron chi connectivity index (χ2n) is 4.28. The van der Waals surface area contributed by atoms with Crippen molar-refractivity contribution in [3.05, 3.63) is 0 Å². The zero-order valence-corrected chi connectivity index (χ0v) is 8.78. The fourth-order valence-electron chi connectivity index (χ4n) is 1.12. The molecule has 0 fully saturated rings. The first-order chi connectivity index (χ1) is 5.52. The maximum Gasteiger partial charge on any atom is 0.0245 e. The third kappa shape index (κ3) is 4.41. The number of hydrogen-bond donors (Lipinski definition) is 1. The molecule has 0 aliphatic carbocycles. The van der Waals surface area contributed by atoms with Crippen LogP contribution in [-0.4, -0.2) is 12.6 Å². The Balaban J connectivity index is 3.97. The molecular weight excluding hydrogens is 146 g/mol. The second kappa shape index (κ2) is 5.22. The topological polar surface area (TPSA) is 12.0 Å². The van der Waals surface area contributed by atoms with E-state index in [1.165, 1.54) is 0 Å². The van der Waals surface area contributed by atoms with E-state index in [9.17, 15) is 0 Å². The molecule has 0 bridgehead atoms. The van der Waals surface area contributed by atoms with Crippen LogP contribution in [0.15, 0.2) is 0 Å². The Bertz CT molecular complexity index is 147. The Labute approximate surface area is 76.9 Å². The van der Waals surface area contributed by atoms with Crippen LogP contribution in [0.25, 0.3) is 0 Å². The number of nitrogens with one attached hydrogen (secondary N) is 1. The van der Waals surface area contributed by atoms with Crippen molar-refractivity contribution in [3.63, 3.8) is 0 Å². The number of rotatable bonds is 4. The molecule has 0 aromatic carbocycles. The quantitative estimate of drug-likeness (QED) is 0.634. The van der Waals surface area contributed by atoms with Crippen LogP contribution in [-0.2, 0) is 0 Å². The predicted octanol–water partition coefficient (Wildman–Crippen LogP) is 2.42. The third-order valence-corrected chi connectivity index (χ3v) is 2.01. The maximum absolute atomic E-state index is 5.31. The summed E-state index contributed by atoms with van der Waals surface area (Å²) in [6.07, 6.45) is 7.29. The van der Waals surface area contributed by atoms with Crippen molar-refractivity contribution in [1.29, 1.82) is 0 Å². The van der Waals surface area contributed by atoms with E-state index in [2.05, 4.69) is 38.9 Å². The summed E-state index contributed by atoms with van der Waals surface area (Å²) < 4.78 is 0. The van der Waals surface area contributed by atoms with Crippen LogP contribution >= 0.6 is 0 Å². The van der Waals surface area contributed by atoms with Gasteiger partial charge in [0.1, 0.15) is 0 Å². The summed E-state index contributed by atoms with van der Waals surface area (Å²) in [6, 6.07) is 0.447. The Morgan fingerprint density at radius 1 is 1.42 bits per heavy atom. The Morgan fingerprint density at radius 2 is 2.00 bits per heavy atom. The van der Waals surface area contributed by atoms with Gasteiger partial charge in [0.2, 0.25) is 0 Å². The van der Waals surface area contributed by atoms with Crippen LogP contribution < -0.4 is 5.32 Å². The van der Waals surface area contributed by atoms with E-state index in [1.54, 1.807) is 0 Å². The summed E-state index contributed by atoms with van der Waals surface area (Å²) in [4.78, 5) is 0. The van der Waals surface area contributed by atoms with Crippen molar-refractivity contribution in [3.8, 4) is 12.3 Å². The van der Waals surface area contributed by atoms with Gasteiger partial charge in [-0.1, -0.05) is 27.7 Å². The van der Waals surface area contributed by atoms with E-state index < -0.39 is 0 Å². The molecule has 0 heterocycles. The summed E-state index contributed by atoms with van der Waals surface area (Å²) in [6.45, 7) is 9.89. The van der Waals surface area contributed by atoms with Crippen molar-refractivity contribution in [2.24, 2.45) is 5.41 Å². The van der Waals surface area contributed by atoms with Gasteiger partial charge in [0, 0.05) is 12.5 Å². The zero-order valence-electron chi connectivity index (χ0n) is 8.78. The third-order valence-electron chi connectivity index (χ3n) is 2.01. The molecule has 0 radical (unpaired) electrons. The van der Waals surface area contributed by atoms with Gasteiger partial charge in [-0.2, -0.15) is 0 Å². The van der Waals surface area contributed by atoms with Gasteiger partial charge in [0.05, 0.1) is 0 Å². The minimum atomic E-state index is 0.265. The summed E-state index contributed by atoms with van der Waals surface area (Å²) in [5.74, 6) is 2.72. The molecule has 70 valence electrons. The lowest BCUT2D eigenvalue weighted by Crippen LogP contribution is -2.40. The minimum absolute atomic E-state index is 0.265. The molecule has 1 atom stereocenters. The highest BCUT2D eigenvalue weighted by molar-refractivity contribution is 4.94. The van der Waals surface area contributed by atoms with Crippen LogP contribution in [0.2, 0.25) is 0 Å². The van der Waals surface area contributed by atoms with E-state index >= 15 is 0 Å². The summed E-state index contributed by atoms with van der Waals surface area (Å²) in [5.41, 5.74) is 0.265. The largest absolute Gasteiger partial charge is 0.313 e. The second-order valence-corrected chi connectivity index (χ2v) is 4.28. The fourth-order valence-corrected chi connectivity index (χ4v) is 1.12. The first-order valence-electron chi connectivity index (χ1n) is 4.69. The lowest BCUT2D eigenvalue weighted by atomic mass is 9.85. The highest BCUT2D eigenvalue weighted by Crippen LogP contribution is 2.21. The van der Waals surface area contributed by atoms with Crippen LogP contribution in [0.4, 0.5) is 0 Å². The Hall–Kier alpha value is -0.480. The predicted molar refractivity (Wildman–Crippen MR) is 55.0 cm³/mol. The maximum atomic E-state index is 5.31. The average Bonchev–Trinajstić information content (AvgIpc) is 1.95. The van der Waals surface area contributed by atoms with Crippen molar-refractivity contribution in [2.45, 2.75) is 46.6 Å². The highest BCUT2D eigenvalue weighted by atomic mass is 14.9. The molecule has 0 amide bonds. The molecule has 0 aliphatic rings. The van der Waals surface area contributed by atoms with Gasteiger partial charge >= 0.3 is 0 Å². The average molecular weight is 167 g/mol. The van der Waals surface area contributed by atoms with Crippen molar-refractivity contribution < 1.29 is 0 Å². The summed E-state index contributed by atoms with van der Waals surface area (Å²) >= 11 is 0. The molecule has 1 unspecified atom stereocenters. The number of hydrogen-bond acceptors (Lipinski definition) is 1. The molecule has 0 aliphatic heterocycles. The molecule has 0 saturated heterocycles. The standard InChI is InChI=1S/C11H21N/c1-6-8-10(11(3,4)5)12-9-7-2/h1,10,12H,7-9H2,2-5H3. The smallest absolute Gasteiger partial charge is 0.0245 e. The normalized spacial score (nSPS) is 13.9. The van der Waals surface area contributed by atoms with Crippen LogP contribution in [0.5, 0.6) is 0 Å². The van der Waals surface area contributed by atoms with Crippen LogP contribution in [0.3, 0.4) is 0 Å². The van der Waals surface area contributed by atoms with Crippen molar-refractivity contribution in [2.75, 3.05) is 6.54 Å². The molecule has 1 heteroatoms. The van der Waals surface area contributed by atoms with Crippen LogP contribution in [0, 0.1) is 17.8 Å². The van der Waals surface area contributed by atoms with E-state index in [0.29, 0.717) is 6.04 Å². The minimum Gasteiger partial charge on any atom is -0.313 e. The van der Waals surface area contributed by atoms with Crippen LogP contribution in [0.1, 0.15) is 40.5 Å². The van der Waals surface area contributed by atoms with Gasteiger partial charge in [-0.05, 0) is 18.4 Å². The monoisotopic (exact) mass is 167 g/mol. The lowest BCUT2D eigenvalue weighted by Gasteiger charge is -2.30. The molecule has 1 N–H and O–H groups in total. The highest BCUT2D eigenvalue weighted by Gasteiger charge is 2.22. The first-order valence-corrected chi connectivity index (χ1v) is 4.69. The molecule has 1 nitrogen and oxygen atoms in total. The van der Waals surface area contributed by atoms with Gasteiger partial charge in [0.15, 0.2) is 0 Å². The number of terminal acetylenes is 1. The molecule has 0 aromatic heterocycles. The molecule has 12 heavy (non-hydrogen) atoms. The SMILES string of the molecule is C#CCC(NCCC)C(C)(C)C. The molecular formula is C11H21N. The van der Waals surface area contributed by atoms with E-state index in [1.807, 2.05) is 0 Å². The summed E-state index contributed by atoms with van der Waals surface area (Å²) in [5, 5.41) is 3.47. The van der Waals surface area contributed by atoms with E-state index in [-0.39, 0.29) is 5.41 Å². The van der Waals surface area contributed by atoms with Gasteiger partial charge in [-0.3, -0.25) is 0 Å².